The van der Waals surface area contributed by atoms with Crippen molar-refractivity contribution in [3.05, 3.63) is 39.7 Å². The van der Waals surface area contributed by atoms with Crippen molar-refractivity contribution in [3.63, 3.8) is 0 Å². The highest BCUT2D eigenvalue weighted by Gasteiger charge is 2.19. The van der Waals surface area contributed by atoms with Crippen molar-refractivity contribution < 1.29 is 13.5 Å². The molecular formula is C17H17F2N3O2S. The van der Waals surface area contributed by atoms with Gasteiger partial charge in [-0.05, 0) is 30.7 Å². The average molecular weight is 365 g/mol. The fourth-order valence-electron chi connectivity index (χ4n) is 2.09. The summed E-state index contributed by atoms with van der Waals surface area (Å²) >= 11 is 1.15. The largest absolute Gasteiger partial charge is 0.488 e. The molecule has 0 aliphatic carbocycles. The predicted octanol–water partition coefficient (Wildman–Crippen LogP) is 3.73. The van der Waals surface area contributed by atoms with E-state index in [9.17, 15) is 13.6 Å². The van der Waals surface area contributed by atoms with Crippen LogP contribution in [0.2, 0.25) is 0 Å². The van der Waals surface area contributed by atoms with E-state index in [0.29, 0.717) is 12.3 Å². The lowest BCUT2D eigenvalue weighted by atomic mass is 10.1. The number of thioether (sulfide) groups is 1. The summed E-state index contributed by atoms with van der Waals surface area (Å²) in [5.74, 6) is -1.95. The highest BCUT2D eigenvalue weighted by molar-refractivity contribution is 7.98. The van der Waals surface area contributed by atoms with Crippen molar-refractivity contribution in [2.45, 2.75) is 25.4 Å². The van der Waals surface area contributed by atoms with Crippen LogP contribution >= 0.6 is 11.8 Å². The van der Waals surface area contributed by atoms with Gasteiger partial charge in [0, 0.05) is 5.56 Å². The Bertz CT molecular complexity index is 852. The summed E-state index contributed by atoms with van der Waals surface area (Å²) in [6.07, 6.45) is 2.34. The second-order valence-electron chi connectivity index (χ2n) is 5.71. The molecule has 2 rings (SSSR count). The van der Waals surface area contributed by atoms with Crippen LogP contribution in [0.4, 0.5) is 8.78 Å². The van der Waals surface area contributed by atoms with Gasteiger partial charge in [-0.25, -0.2) is 13.8 Å². The molecule has 0 atom stereocenters. The predicted molar refractivity (Wildman–Crippen MR) is 91.7 cm³/mol. The maximum Gasteiger partial charge on any atom is 0.270 e. The monoisotopic (exact) mass is 365 g/mol. The summed E-state index contributed by atoms with van der Waals surface area (Å²) in [6, 6.07) is 3.75. The second-order valence-corrected chi connectivity index (χ2v) is 6.51. The zero-order valence-corrected chi connectivity index (χ0v) is 14.8. The molecule has 0 saturated carbocycles. The van der Waals surface area contributed by atoms with Gasteiger partial charge in [0.05, 0.1) is 12.3 Å². The number of rotatable bonds is 6. The molecule has 0 aliphatic rings. The van der Waals surface area contributed by atoms with E-state index < -0.39 is 22.9 Å². The first-order chi connectivity index (χ1) is 11.9. The van der Waals surface area contributed by atoms with Crippen molar-refractivity contribution in [1.82, 2.24) is 9.97 Å². The number of nitrogens with one attached hydrogen (secondary N) is 1. The molecule has 0 saturated heterocycles. The van der Waals surface area contributed by atoms with Crippen LogP contribution in [0.25, 0.3) is 11.3 Å². The van der Waals surface area contributed by atoms with Crippen LogP contribution < -0.4 is 10.3 Å². The summed E-state index contributed by atoms with van der Waals surface area (Å²) in [5, 5.41) is 9.40. The molecule has 132 valence electrons. The number of nitriles is 1. The Morgan fingerprint density at radius 1 is 1.36 bits per heavy atom. The van der Waals surface area contributed by atoms with Crippen LogP contribution in [0.3, 0.4) is 0 Å². The molecule has 8 heteroatoms. The Morgan fingerprint density at radius 3 is 2.52 bits per heavy atom. The highest BCUT2D eigenvalue weighted by Crippen LogP contribution is 2.29. The zero-order chi connectivity index (χ0) is 18.6. The van der Waals surface area contributed by atoms with E-state index in [1.165, 1.54) is 0 Å². The molecule has 0 spiro atoms. The number of halogens is 2. The summed E-state index contributed by atoms with van der Waals surface area (Å²) in [6.45, 7) is 4.14. The molecule has 0 amide bonds. The smallest absolute Gasteiger partial charge is 0.270 e. The van der Waals surface area contributed by atoms with E-state index in [4.69, 9.17) is 10.00 Å². The molecular weight excluding hydrogens is 348 g/mol. The van der Waals surface area contributed by atoms with Gasteiger partial charge in [-0.3, -0.25) is 4.79 Å². The molecule has 0 radical (unpaired) electrons. The fourth-order valence-corrected chi connectivity index (χ4v) is 2.47. The average Bonchev–Trinajstić information content (AvgIpc) is 2.56. The van der Waals surface area contributed by atoms with Gasteiger partial charge >= 0.3 is 0 Å². The molecule has 1 aromatic heterocycles. The van der Waals surface area contributed by atoms with Crippen LogP contribution in [-0.4, -0.2) is 22.8 Å². The lowest BCUT2D eigenvalue weighted by Gasteiger charge is -2.12. The van der Waals surface area contributed by atoms with Gasteiger partial charge in [0.2, 0.25) is 0 Å². The van der Waals surface area contributed by atoms with E-state index in [2.05, 4.69) is 9.97 Å². The second kappa shape index (κ2) is 8.12. The number of H-pyrrole nitrogens is 1. The molecule has 5 nitrogen and oxygen atoms in total. The van der Waals surface area contributed by atoms with Gasteiger partial charge in [0.1, 0.15) is 11.6 Å². The summed E-state index contributed by atoms with van der Waals surface area (Å²) < 4.78 is 33.7. The third-order valence-corrected chi connectivity index (χ3v) is 4.00. The van der Waals surface area contributed by atoms with Crippen LogP contribution in [0.15, 0.2) is 22.1 Å². The quantitative estimate of drug-likeness (QED) is 0.623. The number of aromatic amines is 1. The molecule has 2 aromatic rings. The topological polar surface area (TPSA) is 78.8 Å². The lowest BCUT2D eigenvalue weighted by molar-refractivity contribution is 0.263. The standard InChI is InChI=1S/C17H17F2N3O2S/c1-9(2)4-5-24-15-12(18)6-10(7-13(15)19)14-11(8-20)16(23)22-17(21-14)25-3/h6-7,9H,4-5H2,1-3H3,(H,21,22,23). The van der Waals surface area contributed by atoms with Crippen LogP contribution in [-0.2, 0) is 0 Å². The Hall–Kier alpha value is -2.40. The lowest BCUT2D eigenvalue weighted by Crippen LogP contribution is -2.14. The van der Waals surface area contributed by atoms with E-state index in [1.807, 2.05) is 13.8 Å². The Morgan fingerprint density at radius 2 is 2.00 bits per heavy atom. The number of aromatic nitrogens is 2. The fraction of sp³-hybridized carbons (Fsp3) is 0.353. The van der Waals surface area contributed by atoms with Crippen LogP contribution in [0.1, 0.15) is 25.8 Å². The zero-order valence-electron chi connectivity index (χ0n) is 14.0. The van der Waals surface area contributed by atoms with Gasteiger partial charge in [-0.1, -0.05) is 25.6 Å². The summed E-state index contributed by atoms with van der Waals surface area (Å²) in [7, 11) is 0. The van der Waals surface area contributed by atoms with Crippen molar-refractivity contribution in [3.8, 4) is 23.1 Å². The minimum Gasteiger partial charge on any atom is -0.488 e. The normalized spacial score (nSPS) is 10.8. The Labute approximate surface area is 148 Å². The third-order valence-electron chi connectivity index (χ3n) is 3.42. The molecule has 0 unspecified atom stereocenters. The first kappa shape index (κ1) is 18.9. The van der Waals surface area contributed by atoms with Gasteiger partial charge in [-0.2, -0.15) is 5.26 Å². The van der Waals surface area contributed by atoms with Crippen molar-refractivity contribution >= 4 is 11.8 Å². The van der Waals surface area contributed by atoms with Crippen LogP contribution in [0, 0.1) is 28.9 Å². The molecule has 1 N–H and O–H groups in total. The number of hydrogen-bond donors (Lipinski definition) is 1. The van der Waals surface area contributed by atoms with Gasteiger partial charge in [0.25, 0.3) is 5.56 Å². The molecule has 25 heavy (non-hydrogen) atoms. The summed E-state index contributed by atoms with van der Waals surface area (Å²) in [5.41, 5.74) is -1.02. The first-order valence-corrected chi connectivity index (χ1v) is 8.80. The van der Waals surface area contributed by atoms with E-state index in [1.54, 1.807) is 12.3 Å². The minimum atomic E-state index is -0.907. The molecule has 1 heterocycles. The van der Waals surface area contributed by atoms with E-state index in [-0.39, 0.29) is 28.6 Å². The van der Waals surface area contributed by atoms with Gasteiger partial charge in [-0.15, -0.1) is 0 Å². The number of ether oxygens (including phenoxy) is 1. The van der Waals surface area contributed by atoms with Crippen molar-refractivity contribution in [1.29, 1.82) is 5.26 Å². The Kier molecular flexibility index (Phi) is 6.15. The van der Waals surface area contributed by atoms with Crippen molar-refractivity contribution in [2.75, 3.05) is 12.9 Å². The minimum absolute atomic E-state index is 0.00385. The number of benzene rings is 1. The van der Waals surface area contributed by atoms with E-state index >= 15 is 0 Å². The SMILES string of the molecule is CSc1nc(-c2cc(F)c(OCCC(C)C)c(F)c2)c(C#N)c(=O)[nH]1. The molecule has 0 fully saturated rings. The first-order valence-electron chi connectivity index (χ1n) is 7.58. The van der Waals surface area contributed by atoms with E-state index in [0.717, 1.165) is 23.9 Å². The third kappa shape index (κ3) is 4.37. The summed E-state index contributed by atoms with van der Waals surface area (Å²) in [4.78, 5) is 18.5. The highest BCUT2D eigenvalue weighted by atomic mass is 32.2. The number of hydrogen-bond acceptors (Lipinski definition) is 5. The maximum absolute atomic E-state index is 14.3. The molecule has 0 aliphatic heterocycles. The maximum atomic E-state index is 14.3. The van der Waals surface area contributed by atoms with Crippen LogP contribution in [0.5, 0.6) is 5.75 Å². The molecule has 1 aromatic carbocycles. The Balaban J connectivity index is 2.47. The number of nitrogens with zero attached hydrogens (tertiary/aromatic N) is 2. The van der Waals surface area contributed by atoms with Gasteiger partial charge < -0.3 is 9.72 Å². The van der Waals surface area contributed by atoms with Gasteiger partial charge in [0.15, 0.2) is 22.5 Å². The molecule has 0 bridgehead atoms. The van der Waals surface area contributed by atoms with Crippen molar-refractivity contribution in [2.24, 2.45) is 5.92 Å².